The van der Waals surface area contributed by atoms with Crippen LogP contribution < -0.4 is 5.73 Å². The first-order chi connectivity index (χ1) is 11.1. The van der Waals surface area contributed by atoms with Gasteiger partial charge in [-0.05, 0) is 57.6 Å². The van der Waals surface area contributed by atoms with Crippen LogP contribution in [0.25, 0.3) is 0 Å². The first kappa shape index (κ1) is 19.4. The molecule has 0 aliphatic heterocycles. The van der Waals surface area contributed by atoms with E-state index in [2.05, 4.69) is 44.2 Å². The van der Waals surface area contributed by atoms with Crippen molar-refractivity contribution in [3.8, 4) is 0 Å². The van der Waals surface area contributed by atoms with E-state index in [4.69, 9.17) is 10.7 Å². The molecule has 2 heteroatoms. The lowest BCUT2D eigenvalue weighted by Gasteiger charge is -2.14. The van der Waals surface area contributed by atoms with E-state index in [9.17, 15) is 0 Å². The predicted octanol–water partition coefficient (Wildman–Crippen LogP) is 5.37. The molecule has 1 aromatic carbocycles. The Morgan fingerprint density at radius 1 is 1.26 bits per heavy atom. The summed E-state index contributed by atoms with van der Waals surface area (Å²) in [6.07, 6.45) is 8.76. The van der Waals surface area contributed by atoms with Gasteiger partial charge in [0.2, 0.25) is 0 Å². The average Bonchev–Trinajstić information content (AvgIpc) is 3.11. The number of hydrogen-bond donors (Lipinski definition) is 1. The number of nitrogens with zero attached hydrogens (tertiary/aromatic N) is 1. The van der Waals surface area contributed by atoms with Gasteiger partial charge in [0.1, 0.15) is 0 Å². The molecular formula is C21H32N2. The summed E-state index contributed by atoms with van der Waals surface area (Å²) in [4.78, 5) is 4.78. The normalized spacial score (nSPS) is 16.5. The van der Waals surface area contributed by atoms with Gasteiger partial charge in [-0.25, -0.2) is 0 Å². The highest BCUT2D eigenvalue weighted by molar-refractivity contribution is 5.99. The van der Waals surface area contributed by atoms with Gasteiger partial charge in [-0.2, -0.15) is 0 Å². The molecule has 0 radical (unpaired) electrons. The third kappa shape index (κ3) is 6.15. The summed E-state index contributed by atoms with van der Waals surface area (Å²) in [5.74, 6) is 0. The lowest BCUT2D eigenvalue weighted by molar-refractivity contribution is 0.752. The third-order valence-corrected chi connectivity index (χ3v) is 4.05. The molecule has 1 unspecified atom stereocenters. The van der Waals surface area contributed by atoms with Crippen molar-refractivity contribution < 1.29 is 0 Å². The summed E-state index contributed by atoms with van der Waals surface area (Å²) >= 11 is 0. The fourth-order valence-corrected chi connectivity index (χ4v) is 2.71. The van der Waals surface area contributed by atoms with Crippen LogP contribution in [0.2, 0.25) is 0 Å². The van der Waals surface area contributed by atoms with Crippen molar-refractivity contribution in [2.24, 2.45) is 10.7 Å². The number of aliphatic imine (C=N–C) groups is 1. The molecule has 2 rings (SSSR count). The van der Waals surface area contributed by atoms with E-state index in [1.165, 1.54) is 29.5 Å². The summed E-state index contributed by atoms with van der Waals surface area (Å²) in [6.45, 7) is 10.2. The Bertz CT molecular complexity index is 562. The molecule has 0 spiro atoms. The minimum atomic E-state index is -0.0466. The highest BCUT2D eigenvalue weighted by Gasteiger charge is 2.12. The Balaban J connectivity index is 0.00000127. The Labute approximate surface area is 142 Å². The number of benzene rings is 1. The zero-order valence-corrected chi connectivity index (χ0v) is 15.4. The average molecular weight is 313 g/mol. The summed E-state index contributed by atoms with van der Waals surface area (Å²) < 4.78 is 0. The SMILES string of the molecule is C/C=C(\N=C(C)C1=CCCC1)C(N)Cc1ccc(C)cc1.CC. The Kier molecular flexibility index (Phi) is 8.57. The molecule has 0 aromatic heterocycles. The lowest BCUT2D eigenvalue weighted by atomic mass is 10.0. The summed E-state index contributed by atoms with van der Waals surface area (Å²) in [7, 11) is 0. The second-order valence-electron chi connectivity index (χ2n) is 5.83. The van der Waals surface area contributed by atoms with E-state index in [-0.39, 0.29) is 6.04 Å². The van der Waals surface area contributed by atoms with E-state index < -0.39 is 0 Å². The number of allylic oxidation sites excluding steroid dienone is 3. The van der Waals surface area contributed by atoms with Crippen LogP contribution in [-0.4, -0.2) is 11.8 Å². The molecule has 1 aliphatic rings. The highest BCUT2D eigenvalue weighted by atomic mass is 14.8. The molecule has 1 aromatic rings. The maximum absolute atomic E-state index is 6.35. The van der Waals surface area contributed by atoms with E-state index in [1.807, 2.05) is 26.8 Å². The number of rotatable bonds is 5. The fourth-order valence-electron chi connectivity index (χ4n) is 2.71. The number of hydrogen-bond acceptors (Lipinski definition) is 2. The van der Waals surface area contributed by atoms with Crippen LogP contribution >= 0.6 is 0 Å². The molecule has 126 valence electrons. The first-order valence-electron chi connectivity index (χ1n) is 8.82. The fraction of sp³-hybridized carbons (Fsp3) is 0.476. The van der Waals surface area contributed by atoms with Gasteiger partial charge in [0.25, 0.3) is 0 Å². The molecule has 1 aliphatic carbocycles. The molecule has 0 saturated carbocycles. The quantitative estimate of drug-likeness (QED) is 0.730. The topological polar surface area (TPSA) is 38.4 Å². The van der Waals surface area contributed by atoms with Gasteiger partial charge in [0.15, 0.2) is 0 Å². The van der Waals surface area contributed by atoms with Crippen molar-refractivity contribution >= 4 is 5.71 Å². The minimum Gasteiger partial charge on any atom is -0.322 e. The smallest absolute Gasteiger partial charge is 0.0535 e. The van der Waals surface area contributed by atoms with Crippen molar-refractivity contribution in [1.29, 1.82) is 0 Å². The zero-order chi connectivity index (χ0) is 17.2. The Hall–Kier alpha value is -1.67. The molecule has 2 N–H and O–H groups in total. The molecule has 2 nitrogen and oxygen atoms in total. The van der Waals surface area contributed by atoms with Crippen LogP contribution in [0, 0.1) is 6.92 Å². The standard InChI is InChI=1S/C19H26N2.C2H6/c1-4-19(21-15(3)17-7-5-6-8-17)18(20)13-16-11-9-14(2)10-12-16;1-2/h4,7,9-12,18H,5-6,8,13,20H2,1-3H3;1-2H3/b19-4-,21-15?;. The van der Waals surface area contributed by atoms with Crippen molar-refractivity contribution in [2.75, 3.05) is 0 Å². The van der Waals surface area contributed by atoms with Gasteiger partial charge in [-0.3, -0.25) is 4.99 Å². The Morgan fingerprint density at radius 2 is 1.91 bits per heavy atom. The molecule has 0 saturated heterocycles. The molecular weight excluding hydrogens is 280 g/mol. The second kappa shape index (κ2) is 10.2. The molecule has 0 amide bonds. The van der Waals surface area contributed by atoms with Crippen LogP contribution in [0.15, 0.2) is 52.7 Å². The molecule has 0 heterocycles. The maximum atomic E-state index is 6.35. The van der Waals surface area contributed by atoms with Crippen LogP contribution in [0.1, 0.15) is 58.1 Å². The van der Waals surface area contributed by atoms with Gasteiger partial charge in [-0.15, -0.1) is 0 Å². The van der Waals surface area contributed by atoms with Crippen molar-refractivity contribution in [3.63, 3.8) is 0 Å². The van der Waals surface area contributed by atoms with Crippen molar-refractivity contribution in [3.05, 3.63) is 58.8 Å². The predicted molar refractivity (Wildman–Crippen MR) is 103 cm³/mol. The summed E-state index contributed by atoms with van der Waals surface area (Å²) in [5, 5.41) is 0. The molecule has 0 fully saturated rings. The summed E-state index contributed by atoms with van der Waals surface area (Å²) in [5.41, 5.74) is 12.4. The zero-order valence-electron chi connectivity index (χ0n) is 15.4. The van der Waals surface area contributed by atoms with Gasteiger partial charge in [-0.1, -0.05) is 55.8 Å². The van der Waals surface area contributed by atoms with E-state index >= 15 is 0 Å². The van der Waals surface area contributed by atoms with Gasteiger partial charge < -0.3 is 5.73 Å². The number of aryl methyl sites for hydroxylation is 1. The molecule has 23 heavy (non-hydrogen) atoms. The number of nitrogens with two attached hydrogens (primary N) is 1. The highest BCUT2D eigenvalue weighted by Crippen LogP contribution is 2.20. The van der Waals surface area contributed by atoms with Crippen LogP contribution in [-0.2, 0) is 6.42 Å². The Morgan fingerprint density at radius 3 is 2.43 bits per heavy atom. The van der Waals surface area contributed by atoms with E-state index in [0.29, 0.717) is 0 Å². The van der Waals surface area contributed by atoms with Crippen molar-refractivity contribution in [2.45, 2.75) is 66.3 Å². The first-order valence-corrected chi connectivity index (χ1v) is 8.82. The minimum absolute atomic E-state index is 0.0466. The molecule has 1 atom stereocenters. The lowest BCUT2D eigenvalue weighted by Crippen LogP contribution is -2.25. The van der Waals surface area contributed by atoms with Crippen LogP contribution in [0.4, 0.5) is 0 Å². The van der Waals surface area contributed by atoms with E-state index in [1.54, 1.807) is 0 Å². The maximum Gasteiger partial charge on any atom is 0.0535 e. The van der Waals surface area contributed by atoms with Crippen molar-refractivity contribution in [1.82, 2.24) is 0 Å². The van der Waals surface area contributed by atoms with Crippen LogP contribution in [0.3, 0.4) is 0 Å². The van der Waals surface area contributed by atoms with Crippen LogP contribution in [0.5, 0.6) is 0 Å². The van der Waals surface area contributed by atoms with Gasteiger partial charge >= 0.3 is 0 Å². The summed E-state index contributed by atoms with van der Waals surface area (Å²) in [6, 6.07) is 8.52. The largest absolute Gasteiger partial charge is 0.322 e. The monoisotopic (exact) mass is 312 g/mol. The second-order valence-corrected chi connectivity index (χ2v) is 5.83. The van der Waals surface area contributed by atoms with Gasteiger partial charge in [0.05, 0.1) is 11.7 Å². The van der Waals surface area contributed by atoms with E-state index in [0.717, 1.165) is 24.3 Å². The third-order valence-electron chi connectivity index (χ3n) is 4.05. The molecule has 0 bridgehead atoms. The van der Waals surface area contributed by atoms with Gasteiger partial charge in [0, 0.05) is 5.71 Å².